The lowest BCUT2D eigenvalue weighted by Gasteiger charge is -2.56. The summed E-state index contributed by atoms with van der Waals surface area (Å²) in [4.78, 5) is 0. The van der Waals surface area contributed by atoms with E-state index in [4.69, 9.17) is 0 Å². The molecule has 2 N–H and O–H groups in total. The molecular weight excluding hydrogens is 404 g/mol. The number of aliphatic hydroxyl groups is 2. The maximum Gasteiger partial charge on any atom is 0.0661 e. The Labute approximate surface area is 202 Å². The molecule has 0 unspecified atom stereocenters. The third-order valence-corrected chi connectivity index (χ3v) is 11.0. The molecule has 4 rings (SSSR count). The van der Waals surface area contributed by atoms with Crippen LogP contribution in [0.15, 0.2) is 47.6 Å². The highest BCUT2D eigenvalue weighted by atomic mass is 16.3. The number of hydrogen-bond acceptors (Lipinski definition) is 2. The third kappa shape index (κ3) is 4.14. The lowest BCUT2D eigenvalue weighted by Crippen LogP contribution is -2.52. The molecule has 0 radical (unpaired) electrons. The van der Waals surface area contributed by atoms with E-state index < -0.39 is 12.2 Å². The van der Waals surface area contributed by atoms with Gasteiger partial charge in [0.2, 0.25) is 0 Å². The van der Waals surface area contributed by atoms with E-state index >= 15 is 0 Å². The predicted molar refractivity (Wildman–Crippen MR) is 139 cm³/mol. The highest BCUT2D eigenvalue weighted by molar-refractivity contribution is 5.40. The highest BCUT2D eigenvalue weighted by Gasteiger charge is 2.58. The lowest BCUT2D eigenvalue weighted by molar-refractivity contribution is -0.0537. The van der Waals surface area contributed by atoms with E-state index in [0.29, 0.717) is 40.9 Å². The van der Waals surface area contributed by atoms with Crippen molar-refractivity contribution in [1.82, 2.24) is 0 Å². The van der Waals surface area contributed by atoms with Gasteiger partial charge in [-0.15, -0.1) is 0 Å². The molecule has 0 aromatic carbocycles. The zero-order valence-electron chi connectivity index (χ0n) is 22.0. The van der Waals surface area contributed by atoms with Crippen LogP contribution in [0.4, 0.5) is 0 Å². The maximum absolute atomic E-state index is 11.1. The summed E-state index contributed by atoms with van der Waals surface area (Å²) in [6, 6.07) is 0. The summed E-state index contributed by atoms with van der Waals surface area (Å²) < 4.78 is 0. The standard InChI is InChI=1S/C31H48O2/c1-7-29(4,8-2)17-10-9-11-21(3)25-14-15-26-24-13-12-22-19-23(32)20-28(33)31(22,6)27(24)16-18-30(25,26)5/h9-13,17,21,23,25-28,32-33H,7-8,14-16,18-20H2,1-6H3/b11-9+,17-10+/t21-,23+,25+,26-,27-,28-,30+,31-/m0/s1. The monoisotopic (exact) mass is 452 g/mol. The molecule has 8 atom stereocenters. The number of rotatable bonds is 6. The SMILES string of the molecule is CCC(C)(/C=C/C=C/[C@H](C)[C@H]1CC[C@H]2C3=CC=C4C[C@@H](O)C[C@H](O)[C@]4(C)[C@H]3CC[C@]12C)CC. The molecule has 2 nitrogen and oxygen atoms in total. The van der Waals surface area contributed by atoms with Crippen LogP contribution in [-0.4, -0.2) is 22.4 Å². The molecule has 3 saturated carbocycles. The van der Waals surface area contributed by atoms with Crippen LogP contribution in [0.1, 0.15) is 92.9 Å². The molecule has 2 heteroatoms. The molecule has 0 aromatic heterocycles. The lowest BCUT2D eigenvalue weighted by atomic mass is 9.49. The molecule has 184 valence electrons. The normalized spacial score (nSPS) is 42.0. The molecule has 0 aliphatic heterocycles. The number of fused-ring (bicyclic) bond motifs is 5. The molecule has 0 bridgehead atoms. The van der Waals surface area contributed by atoms with Crippen molar-refractivity contribution >= 4 is 0 Å². The van der Waals surface area contributed by atoms with E-state index in [2.05, 4.69) is 78.0 Å². The Hall–Kier alpha value is -1.12. The minimum atomic E-state index is -0.437. The fourth-order valence-electron chi connectivity index (χ4n) is 8.10. The first-order valence-corrected chi connectivity index (χ1v) is 13.7. The van der Waals surface area contributed by atoms with E-state index in [9.17, 15) is 10.2 Å². The fraction of sp³-hybridized carbons (Fsp3) is 0.742. The molecular formula is C31H48O2. The van der Waals surface area contributed by atoms with Crippen LogP contribution >= 0.6 is 0 Å². The van der Waals surface area contributed by atoms with E-state index in [1.807, 2.05) is 0 Å². The molecule has 0 amide bonds. The topological polar surface area (TPSA) is 40.5 Å². The first kappa shape index (κ1) is 25.0. The fourth-order valence-corrected chi connectivity index (χ4v) is 8.10. The van der Waals surface area contributed by atoms with E-state index in [0.717, 1.165) is 12.8 Å². The smallest absolute Gasteiger partial charge is 0.0661 e. The summed E-state index contributed by atoms with van der Waals surface area (Å²) in [6.07, 6.45) is 21.9. The molecule has 33 heavy (non-hydrogen) atoms. The second-order valence-electron chi connectivity index (χ2n) is 12.5. The van der Waals surface area contributed by atoms with Crippen molar-refractivity contribution < 1.29 is 10.2 Å². The van der Waals surface area contributed by atoms with Crippen molar-refractivity contribution in [1.29, 1.82) is 0 Å². The molecule has 3 fully saturated rings. The summed E-state index contributed by atoms with van der Waals surface area (Å²) in [5.41, 5.74) is 3.34. The second-order valence-corrected chi connectivity index (χ2v) is 12.5. The Morgan fingerprint density at radius 1 is 1.06 bits per heavy atom. The van der Waals surface area contributed by atoms with Crippen molar-refractivity contribution in [3.05, 3.63) is 47.6 Å². The molecule has 0 heterocycles. The van der Waals surface area contributed by atoms with Crippen molar-refractivity contribution in [2.75, 3.05) is 0 Å². The van der Waals surface area contributed by atoms with Crippen molar-refractivity contribution in [3.63, 3.8) is 0 Å². The first-order chi connectivity index (χ1) is 15.6. The predicted octanol–water partition coefficient (Wildman–Crippen LogP) is 7.39. The van der Waals surface area contributed by atoms with Gasteiger partial charge in [-0.05, 0) is 79.4 Å². The van der Waals surface area contributed by atoms with Gasteiger partial charge in [0.15, 0.2) is 0 Å². The van der Waals surface area contributed by atoms with Gasteiger partial charge in [0.1, 0.15) is 0 Å². The molecule has 0 aromatic rings. The summed E-state index contributed by atoms with van der Waals surface area (Å²) in [6.45, 7) is 14.2. The molecule has 0 saturated heterocycles. The van der Waals surface area contributed by atoms with Crippen molar-refractivity contribution in [2.45, 2.75) is 105 Å². The van der Waals surface area contributed by atoms with Gasteiger partial charge in [0.25, 0.3) is 0 Å². The van der Waals surface area contributed by atoms with Gasteiger partial charge < -0.3 is 10.2 Å². The zero-order valence-corrected chi connectivity index (χ0v) is 22.0. The Morgan fingerprint density at radius 2 is 1.79 bits per heavy atom. The van der Waals surface area contributed by atoms with Crippen LogP contribution in [0.25, 0.3) is 0 Å². The first-order valence-electron chi connectivity index (χ1n) is 13.7. The summed E-state index contributed by atoms with van der Waals surface area (Å²) in [5, 5.41) is 21.3. The van der Waals surface area contributed by atoms with Gasteiger partial charge in [-0.3, -0.25) is 0 Å². The minimum absolute atomic E-state index is 0.190. The number of aliphatic hydroxyl groups excluding tert-OH is 2. The van der Waals surface area contributed by atoms with Crippen molar-refractivity contribution in [3.8, 4) is 0 Å². The van der Waals surface area contributed by atoms with Gasteiger partial charge in [-0.2, -0.15) is 0 Å². The summed E-state index contributed by atoms with van der Waals surface area (Å²) in [7, 11) is 0. The Balaban J connectivity index is 1.52. The van der Waals surface area contributed by atoms with E-state index in [1.54, 1.807) is 5.57 Å². The molecule has 4 aliphatic rings. The largest absolute Gasteiger partial charge is 0.393 e. The van der Waals surface area contributed by atoms with Crippen LogP contribution in [-0.2, 0) is 0 Å². The number of allylic oxidation sites excluding steroid dienone is 7. The van der Waals surface area contributed by atoms with Gasteiger partial charge in [0, 0.05) is 11.8 Å². The second kappa shape index (κ2) is 9.15. The van der Waals surface area contributed by atoms with E-state index in [-0.39, 0.29) is 5.41 Å². The van der Waals surface area contributed by atoms with Crippen LogP contribution in [0.5, 0.6) is 0 Å². The minimum Gasteiger partial charge on any atom is -0.393 e. The Bertz CT molecular complexity index is 843. The van der Waals surface area contributed by atoms with Crippen LogP contribution in [0.2, 0.25) is 0 Å². The highest BCUT2D eigenvalue weighted by Crippen LogP contribution is 2.66. The van der Waals surface area contributed by atoms with Crippen molar-refractivity contribution in [2.24, 2.45) is 39.9 Å². The Kier molecular flexibility index (Phi) is 6.93. The molecule has 0 spiro atoms. The molecule has 4 aliphatic carbocycles. The van der Waals surface area contributed by atoms with Gasteiger partial charge >= 0.3 is 0 Å². The van der Waals surface area contributed by atoms with E-state index in [1.165, 1.54) is 37.7 Å². The van der Waals surface area contributed by atoms with Gasteiger partial charge in [-0.1, -0.05) is 89.1 Å². The average molecular weight is 453 g/mol. The number of hydrogen-bond donors (Lipinski definition) is 2. The van der Waals surface area contributed by atoms with Gasteiger partial charge in [0.05, 0.1) is 12.2 Å². The third-order valence-electron chi connectivity index (χ3n) is 11.0. The van der Waals surface area contributed by atoms with Gasteiger partial charge in [-0.25, -0.2) is 0 Å². The maximum atomic E-state index is 11.1. The quantitative estimate of drug-likeness (QED) is 0.412. The van der Waals surface area contributed by atoms with Crippen LogP contribution in [0, 0.1) is 39.9 Å². The summed E-state index contributed by atoms with van der Waals surface area (Å²) >= 11 is 0. The summed E-state index contributed by atoms with van der Waals surface area (Å²) in [5.74, 6) is 2.36. The van der Waals surface area contributed by atoms with Crippen LogP contribution < -0.4 is 0 Å². The zero-order chi connectivity index (χ0) is 24.0. The Morgan fingerprint density at radius 3 is 2.48 bits per heavy atom. The van der Waals surface area contributed by atoms with Crippen LogP contribution in [0.3, 0.4) is 0 Å². The average Bonchev–Trinajstić information content (AvgIpc) is 3.15.